The van der Waals surface area contributed by atoms with Gasteiger partial charge in [0, 0.05) is 31.9 Å². The Morgan fingerprint density at radius 2 is 2.32 bits per heavy atom. The minimum Gasteiger partial charge on any atom is -0.384 e. The highest BCUT2D eigenvalue weighted by molar-refractivity contribution is 5.55. The molecule has 4 heteroatoms. The second-order valence-corrected chi connectivity index (χ2v) is 5.40. The molecular weight excluding hydrogens is 243 g/mol. The zero-order chi connectivity index (χ0) is 13.8. The number of ether oxygens (including phenoxy) is 1. The van der Waals surface area contributed by atoms with Gasteiger partial charge in [0.25, 0.3) is 0 Å². The normalized spacial score (nSPS) is 21.5. The molecule has 1 aromatic rings. The van der Waals surface area contributed by atoms with Gasteiger partial charge >= 0.3 is 0 Å². The zero-order valence-electron chi connectivity index (χ0n) is 11.7. The van der Waals surface area contributed by atoms with Crippen molar-refractivity contribution in [3.05, 3.63) is 29.6 Å². The molecule has 2 rings (SSSR count). The van der Waals surface area contributed by atoms with Gasteiger partial charge in [0.15, 0.2) is 0 Å². The average molecular weight is 266 g/mol. The lowest BCUT2D eigenvalue weighted by atomic mass is 9.96. The maximum absolute atomic E-state index is 13.4. The van der Waals surface area contributed by atoms with Crippen molar-refractivity contribution in [2.75, 3.05) is 31.7 Å². The molecule has 2 atom stereocenters. The van der Waals surface area contributed by atoms with E-state index < -0.39 is 0 Å². The highest BCUT2D eigenvalue weighted by Gasteiger charge is 2.22. The molecule has 19 heavy (non-hydrogen) atoms. The van der Waals surface area contributed by atoms with E-state index in [1.165, 1.54) is 12.5 Å². The van der Waals surface area contributed by atoms with E-state index in [0.29, 0.717) is 5.92 Å². The summed E-state index contributed by atoms with van der Waals surface area (Å²) in [7, 11) is 1.74. The van der Waals surface area contributed by atoms with Crippen molar-refractivity contribution >= 4 is 5.69 Å². The zero-order valence-corrected chi connectivity index (χ0v) is 11.7. The molecule has 1 aliphatic heterocycles. The van der Waals surface area contributed by atoms with Crippen molar-refractivity contribution in [1.29, 1.82) is 0 Å². The molecule has 0 aromatic heterocycles. The van der Waals surface area contributed by atoms with Crippen LogP contribution in [0.15, 0.2) is 18.2 Å². The van der Waals surface area contributed by atoms with E-state index in [2.05, 4.69) is 4.90 Å². The van der Waals surface area contributed by atoms with Crippen LogP contribution in [0.2, 0.25) is 0 Å². The van der Waals surface area contributed by atoms with Crippen molar-refractivity contribution in [3.63, 3.8) is 0 Å². The van der Waals surface area contributed by atoms with Crippen LogP contribution in [0.4, 0.5) is 10.1 Å². The quantitative estimate of drug-likeness (QED) is 0.910. The third kappa shape index (κ3) is 3.45. The third-order valence-electron chi connectivity index (χ3n) is 3.74. The smallest absolute Gasteiger partial charge is 0.123 e. The van der Waals surface area contributed by atoms with Crippen LogP contribution in [0.25, 0.3) is 0 Å². The van der Waals surface area contributed by atoms with Crippen molar-refractivity contribution in [3.8, 4) is 0 Å². The summed E-state index contributed by atoms with van der Waals surface area (Å²) < 4.78 is 18.6. The molecule has 106 valence electrons. The van der Waals surface area contributed by atoms with Crippen LogP contribution in [0, 0.1) is 11.7 Å². The first kappa shape index (κ1) is 14.3. The van der Waals surface area contributed by atoms with Crippen LogP contribution >= 0.6 is 0 Å². The molecule has 1 saturated heterocycles. The molecule has 0 aliphatic carbocycles. The van der Waals surface area contributed by atoms with E-state index >= 15 is 0 Å². The summed E-state index contributed by atoms with van der Waals surface area (Å²) in [4.78, 5) is 2.31. The number of nitrogens with zero attached hydrogens (tertiary/aromatic N) is 1. The second-order valence-electron chi connectivity index (χ2n) is 5.40. The van der Waals surface area contributed by atoms with Gasteiger partial charge in [0.2, 0.25) is 0 Å². The molecule has 0 radical (unpaired) electrons. The molecule has 2 unspecified atom stereocenters. The number of benzene rings is 1. The molecule has 0 bridgehead atoms. The topological polar surface area (TPSA) is 38.5 Å². The lowest BCUT2D eigenvalue weighted by Gasteiger charge is -2.35. The van der Waals surface area contributed by atoms with E-state index in [4.69, 9.17) is 10.5 Å². The van der Waals surface area contributed by atoms with Crippen molar-refractivity contribution in [2.45, 2.75) is 25.8 Å². The maximum Gasteiger partial charge on any atom is 0.123 e. The van der Waals surface area contributed by atoms with Crippen LogP contribution in [-0.4, -0.2) is 26.8 Å². The van der Waals surface area contributed by atoms with Gasteiger partial charge in [-0.1, -0.05) is 0 Å². The highest BCUT2D eigenvalue weighted by atomic mass is 19.1. The standard InChI is InChI=1S/C15H23FN2O/c1-11(17)14-8-13(16)5-6-15(14)18-7-3-4-12(9-18)10-19-2/h5-6,8,11-12H,3-4,7,9-10,17H2,1-2H3. The number of nitrogens with two attached hydrogens (primary N) is 1. The van der Waals surface area contributed by atoms with Gasteiger partial charge in [-0.05, 0) is 49.4 Å². The van der Waals surface area contributed by atoms with E-state index in [0.717, 1.165) is 37.4 Å². The first-order valence-corrected chi connectivity index (χ1v) is 6.90. The van der Waals surface area contributed by atoms with Crippen LogP contribution in [0.3, 0.4) is 0 Å². The van der Waals surface area contributed by atoms with Crippen molar-refractivity contribution < 1.29 is 9.13 Å². The fourth-order valence-corrected chi connectivity index (χ4v) is 2.83. The Bertz CT molecular complexity index is 421. The van der Waals surface area contributed by atoms with Gasteiger partial charge in [-0.2, -0.15) is 0 Å². The summed E-state index contributed by atoms with van der Waals surface area (Å²) in [5.74, 6) is 0.325. The molecule has 1 heterocycles. The first-order chi connectivity index (χ1) is 9.11. The lowest BCUT2D eigenvalue weighted by molar-refractivity contribution is 0.143. The number of halogens is 1. The summed E-state index contributed by atoms with van der Waals surface area (Å²) >= 11 is 0. The van der Waals surface area contributed by atoms with Crippen LogP contribution < -0.4 is 10.6 Å². The van der Waals surface area contributed by atoms with Gasteiger partial charge < -0.3 is 15.4 Å². The van der Waals surface area contributed by atoms with Crippen molar-refractivity contribution in [2.24, 2.45) is 11.7 Å². The summed E-state index contributed by atoms with van der Waals surface area (Å²) in [5, 5.41) is 0. The SMILES string of the molecule is COCC1CCCN(c2ccc(F)cc2C(C)N)C1. The average Bonchev–Trinajstić information content (AvgIpc) is 2.39. The largest absolute Gasteiger partial charge is 0.384 e. The van der Waals surface area contributed by atoms with E-state index in [1.807, 2.05) is 13.0 Å². The fraction of sp³-hybridized carbons (Fsp3) is 0.600. The van der Waals surface area contributed by atoms with Crippen LogP contribution in [0.5, 0.6) is 0 Å². The van der Waals surface area contributed by atoms with Gasteiger partial charge in [-0.25, -0.2) is 4.39 Å². The molecule has 0 saturated carbocycles. The van der Waals surface area contributed by atoms with Gasteiger partial charge in [0.1, 0.15) is 5.82 Å². The highest BCUT2D eigenvalue weighted by Crippen LogP contribution is 2.30. The summed E-state index contributed by atoms with van der Waals surface area (Å²) in [6, 6.07) is 4.76. The Hall–Kier alpha value is -1.13. The Morgan fingerprint density at radius 3 is 3.00 bits per heavy atom. The molecule has 0 spiro atoms. The predicted molar refractivity (Wildman–Crippen MR) is 75.8 cm³/mol. The van der Waals surface area contributed by atoms with Crippen molar-refractivity contribution in [1.82, 2.24) is 0 Å². The predicted octanol–water partition coefficient (Wildman–Crippen LogP) is 2.71. The van der Waals surface area contributed by atoms with Gasteiger partial charge in [-0.15, -0.1) is 0 Å². The lowest BCUT2D eigenvalue weighted by Crippen LogP contribution is -2.38. The summed E-state index contributed by atoms with van der Waals surface area (Å²) in [6.45, 7) is 4.64. The molecule has 3 nitrogen and oxygen atoms in total. The number of hydrogen-bond acceptors (Lipinski definition) is 3. The second kappa shape index (κ2) is 6.35. The molecule has 0 amide bonds. The summed E-state index contributed by atoms with van der Waals surface area (Å²) in [5.41, 5.74) is 7.92. The Balaban J connectivity index is 2.20. The third-order valence-corrected chi connectivity index (χ3v) is 3.74. The number of methoxy groups -OCH3 is 1. The van der Waals surface area contributed by atoms with E-state index in [1.54, 1.807) is 13.2 Å². The minimum absolute atomic E-state index is 0.159. The number of piperidine rings is 1. The minimum atomic E-state index is -0.221. The number of rotatable bonds is 4. The molecule has 1 aromatic carbocycles. The molecule has 2 N–H and O–H groups in total. The Labute approximate surface area is 114 Å². The number of hydrogen-bond donors (Lipinski definition) is 1. The van der Waals surface area contributed by atoms with Crippen LogP contribution in [0.1, 0.15) is 31.4 Å². The molecular formula is C15H23FN2O. The van der Waals surface area contributed by atoms with Gasteiger partial charge in [-0.3, -0.25) is 0 Å². The number of anilines is 1. The maximum atomic E-state index is 13.4. The van der Waals surface area contributed by atoms with E-state index in [9.17, 15) is 4.39 Å². The Kier molecular flexibility index (Phi) is 4.77. The molecule has 1 aliphatic rings. The van der Waals surface area contributed by atoms with Gasteiger partial charge in [0.05, 0.1) is 6.61 Å². The first-order valence-electron chi connectivity index (χ1n) is 6.90. The Morgan fingerprint density at radius 1 is 1.53 bits per heavy atom. The summed E-state index contributed by atoms with van der Waals surface area (Å²) in [6.07, 6.45) is 2.34. The van der Waals surface area contributed by atoms with Crippen LogP contribution in [-0.2, 0) is 4.74 Å². The fourth-order valence-electron chi connectivity index (χ4n) is 2.83. The molecule has 1 fully saturated rings. The monoisotopic (exact) mass is 266 g/mol. The van der Waals surface area contributed by atoms with E-state index in [-0.39, 0.29) is 11.9 Å².